The van der Waals surface area contributed by atoms with E-state index in [1.807, 2.05) is 11.4 Å². The van der Waals surface area contributed by atoms with Crippen molar-refractivity contribution in [1.82, 2.24) is 14.8 Å². The van der Waals surface area contributed by atoms with E-state index in [0.29, 0.717) is 11.8 Å². The number of aromatic nitrogens is 3. The van der Waals surface area contributed by atoms with Gasteiger partial charge in [-0.25, -0.2) is 0 Å². The van der Waals surface area contributed by atoms with Gasteiger partial charge >= 0.3 is 0 Å². The van der Waals surface area contributed by atoms with Gasteiger partial charge in [-0.2, -0.15) is 5.26 Å². The normalized spacial score (nSPS) is 14.8. The molecular weight excluding hydrogens is 252 g/mol. The first-order valence-corrected chi connectivity index (χ1v) is 7.25. The molecule has 2 heterocycles. The lowest BCUT2D eigenvalue weighted by Crippen LogP contribution is -1.98. The Labute approximate surface area is 107 Å². The summed E-state index contributed by atoms with van der Waals surface area (Å²) in [4.78, 5) is 1.15. The third kappa shape index (κ3) is 2.08. The highest BCUT2D eigenvalue weighted by Crippen LogP contribution is 2.41. The van der Waals surface area contributed by atoms with Gasteiger partial charge < -0.3 is 0 Å². The average molecular weight is 262 g/mol. The van der Waals surface area contributed by atoms with Crippen LogP contribution in [0, 0.1) is 11.3 Å². The van der Waals surface area contributed by atoms with Crippen LogP contribution in [-0.2, 0) is 0 Å². The molecule has 1 saturated carbocycles. The zero-order valence-electron chi connectivity index (χ0n) is 9.04. The molecule has 0 spiro atoms. The molecule has 0 amide bonds. The molecule has 2 aromatic heterocycles. The maximum atomic E-state index is 8.64. The molecule has 0 bridgehead atoms. The lowest BCUT2D eigenvalue weighted by atomic mass is 10.4. The van der Waals surface area contributed by atoms with Crippen LogP contribution in [-0.4, -0.2) is 20.5 Å². The second-order valence-corrected chi connectivity index (χ2v) is 5.72. The Morgan fingerprint density at radius 2 is 2.41 bits per heavy atom. The molecule has 0 atom stereocenters. The van der Waals surface area contributed by atoms with Crippen molar-refractivity contribution in [2.75, 3.05) is 5.75 Å². The van der Waals surface area contributed by atoms with Crippen LogP contribution in [0.4, 0.5) is 0 Å². The zero-order chi connectivity index (χ0) is 11.7. The summed E-state index contributed by atoms with van der Waals surface area (Å²) in [5.74, 6) is 1.37. The third-order valence-electron chi connectivity index (χ3n) is 2.58. The highest BCUT2D eigenvalue weighted by atomic mass is 32.2. The lowest BCUT2D eigenvalue weighted by Gasteiger charge is -2.05. The quantitative estimate of drug-likeness (QED) is 0.795. The Bertz CT molecular complexity index is 549. The van der Waals surface area contributed by atoms with Gasteiger partial charge in [0.2, 0.25) is 0 Å². The van der Waals surface area contributed by atoms with E-state index in [1.54, 1.807) is 11.3 Å². The van der Waals surface area contributed by atoms with E-state index in [4.69, 9.17) is 5.26 Å². The summed E-state index contributed by atoms with van der Waals surface area (Å²) in [7, 11) is 0. The number of nitriles is 1. The maximum absolute atomic E-state index is 8.64. The summed E-state index contributed by atoms with van der Waals surface area (Å²) in [6.07, 6.45) is 2.38. The van der Waals surface area contributed by atoms with Gasteiger partial charge in [0.25, 0.3) is 0 Å². The van der Waals surface area contributed by atoms with Crippen molar-refractivity contribution >= 4 is 23.1 Å². The number of hydrogen-bond donors (Lipinski definition) is 0. The van der Waals surface area contributed by atoms with Gasteiger partial charge in [-0.1, -0.05) is 17.8 Å². The van der Waals surface area contributed by atoms with Crippen LogP contribution in [0.15, 0.2) is 22.7 Å². The summed E-state index contributed by atoms with van der Waals surface area (Å²) in [5.41, 5.74) is 0. The molecule has 1 aliphatic rings. The van der Waals surface area contributed by atoms with Crippen LogP contribution in [0.5, 0.6) is 0 Å². The Morgan fingerprint density at radius 3 is 3.06 bits per heavy atom. The summed E-state index contributed by atoms with van der Waals surface area (Å²) in [6, 6.07) is 6.75. The summed E-state index contributed by atoms with van der Waals surface area (Å²) in [5, 5.41) is 20.0. The first-order chi connectivity index (χ1) is 8.40. The van der Waals surface area contributed by atoms with E-state index in [2.05, 4.69) is 26.9 Å². The first kappa shape index (κ1) is 10.8. The molecule has 1 fully saturated rings. The van der Waals surface area contributed by atoms with Crippen LogP contribution in [0.1, 0.15) is 18.9 Å². The molecule has 0 unspecified atom stereocenters. The van der Waals surface area contributed by atoms with E-state index < -0.39 is 0 Å². The van der Waals surface area contributed by atoms with E-state index in [9.17, 15) is 0 Å². The van der Waals surface area contributed by atoms with Crippen molar-refractivity contribution in [3.8, 4) is 16.8 Å². The van der Waals surface area contributed by atoms with Gasteiger partial charge in [-0.15, -0.1) is 21.5 Å². The molecular formula is C11H10N4S2. The zero-order valence-corrected chi connectivity index (χ0v) is 10.7. The van der Waals surface area contributed by atoms with Crippen LogP contribution < -0.4 is 0 Å². The van der Waals surface area contributed by atoms with E-state index in [-0.39, 0.29) is 0 Å². The van der Waals surface area contributed by atoms with Crippen molar-refractivity contribution < 1.29 is 0 Å². The molecule has 0 aliphatic heterocycles. The second kappa shape index (κ2) is 4.51. The summed E-state index contributed by atoms with van der Waals surface area (Å²) in [6.45, 7) is 0. The Kier molecular flexibility index (Phi) is 2.87. The predicted octanol–water partition coefficient (Wildman–Crippen LogP) is 2.96. The first-order valence-electron chi connectivity index (χ1n) is 5.38. The highest BCUT2D eigenvalue weighted by molar-refractivity contribution is 7.99. The minimum absolute atomic E-state index is 0.426. The van der Waals surface area contributed by atoms with Gasteiger partial charge in [0, 0.05) is 6.04 Å². The van der Waals surface area contributed by atoms with E-state index in [1.165, 1.54) is 24.6 Å². The number of rotatable bonds is 4. The molecule has 86 valence electrons. The van der Waals surface area contributed by atoms with Crippen molar-refractivity contribution in [3.05, 3.63) is 17.5 Å². The van der Waals surface area contributed by atoms with Crippen molar-refractivity contribution in [2.45, 2.75) is 24.0 Å². The molecule has 0 saturated heterocycles. The Balaban J connectivity index is 1.99. The molecule has 1 aliphatic carbocycles. The standard InChI is InChI=1S/C11H10N4S2/c12-5-7-17-11-14-13-10(9-2-1-6-16-9)15(11)8-3-4-8/h1-2,6,8H,3-4,7H2. The van der Waals surface area contributed by atoms with Gasteiger partial charge in [0.05, 0.1) is 16.7 Å². The van der Waals surface area contributed by atoms with Crippen molar-refractivity contribution in [1.29, 1.82) is 5.26 Å². The van der Waals surface area contributed by atoms with Crippen LogP contribution in [0.25, 0.3) is 10.7 Å². The summed E-state index contributed by atoms with van der Waals surface area (Å²) < 4.78 is 2.19. The summed E-state index contributed by atoms with van der Waals surface area (Å²) >= 11 is 3.14. The number of hydrogen-bond acceptors (Lipinski definition) is 5. The second-order valence-electron chi connectivity index (χ2n) is 3.83. The fourth-order valence-electron chi connectivity index (χ4n) is 1.71. The highest BCUT2D eigenvalue weighted by Gasteiger charge is 2.30. The predicted molar refractivity (Wildman–Crippen MR) is 67.9 cm³/mol. The van der Waals surface area contributed by atoms with Gasteiger partial charge in [0.1, 0.15) is 0 Å². The molecule has 0 N–H and O–H groups in total. The monoisotopic (exact) mass is 262 g/mol. The number of thiophene rings is 1. The van der Waals surface area contributed by atoms with E-state index in [0.717, 1.165) is 15.9 Å². The fourth-order valence-corrected chi connectivity index (χ4v) is 3.08. The molecule has 3 rings (SSSR count). The number of nitrogens with zero attached hydrogens (tertiary/aromatic N) is 4. The lowest BCUT2D eigenvalue weighted by molar-refractivity contribution is 0.670. The minimum atomic E-state index is 0.426. The minimum Gasteiger partial charge on any atom is -0.298 e. The molecule has 0 aromatic carbocycles. The van der Waals surface area contributed by atoms with Gasteiger partial charge in [0.15, 0.2) is 11.0 Å². The molecule has 0 radical (unpaired) electrons. The maximum Gasteiger partial charge on any atom is 0.192 e. The Morgan fingerprint density at radius 1 is 1.53 bits per heavy atom. The SMILES string of the molecule is N#CCSc1nnc(-c2cccs2)n1C1CC1. The van der Waals surface area contributed by atoms with Crippen LogP contribution in [0.2, 0.25) is 0 Å². The third-order valence-corrected chi connectivity index (χ3v) is 4.26. The molecule has 17 heavy (non-hydrogen) atoms. The topological polar surface area (TPSA) is 54.5 Å². The van der Waals surface area contributed by atoms with Crippen molar-refractivity contribution in [3.63, 3.8) is 0 Å². The largest absolute Gasteiger partial charge is 0.298 e. The average Bonchev–Trinajstić information content (AvgIpc) is 2.90. The fraction of sp³-hybridized carbons (Fsp3) is 0.364. The molecule has 6 heteroatoms. The molecule has 4 nitrogen and oxygen atoms in total. The van der Waals surface area contributed by atoms with Gasteiger partial charge in [-0.3, -0.25) is 4.57 Å². The van der Waals surface area contributed by atoms with Crippen LogP contribution >= 0.6 is 23.1 Å². The number of thioether (sulfide) groups is 1. The Hall–Kier alpha value is -1.32. The van der Waals surface area contributed by atoms with E-state index >= 15 is 0 Å². The van der Waals surface area contributed by atoms with Crippen molar-refractivity contribution in [2.24, 2.45) is 0 Å². The van der Waals surface area contributed by atoms with Gasteiger partial charge in [-0.05, 0) is 24.3 Å². The smallest absolute Gasteiger partial charge is 0.192 e. The van der Waals surface area contributed by atoms with Crippen LogP contribution in [0.3, 0.4) is 0 Å². The molecule has 2 aromatic rings.